The van der Waals surface area contributed by atoms with E-state index in [1.165, 1.54) is 11.1 Å². The van der Waals surface area contributed by atoms with Crippen LogP contribution in [0, 0.1) is 6.92 Å². The summed E-state index contributed by atoms with van der Waals surface area (Å²) < 4.78 is 0. The lowest BCUT2D eigenvalue weighted by molar-refractivity contribution is 1.32. The van der Waals surface area contributed by atoms with Gasteiger partial charge in [-0.05, 0) is 30.2 Å². The molecule has 2 heteroatoms. The van der Waals surface area contributed by atoms with Crippen molar-refractivity contribution in [2.45, 2.75) is 12.7 Å². The number of anilines is 1. The van der Waals surface area contributed by atoms with E-state index in [4.69, 9.17) is 5.73 Å². The molecule has 1 nitrogen and oxygen atoms in total. The Morgan fingerprint density at radius 3 is 2.70 bits per heavy atom. The molecule has 10 heavy (non-hydrogen) atoms. The lowest BCUT2D eigenvalue weighted by atomic mass is 10.1. The van der Waals surface area contributed by atoms with Crippen molar-refractivity contribution in [1.29, 1.82) is 0 Å². The third-order valence-electron chi connectivity index (χ3n) is 1.54. The highest BCUT2D eigenvalue weighted by Crippen LogP contribution is 2.13. The predicted molar refractivity (Wildman–Crippen MR) is 48.3 cm³/mol. The average Bonchev–Trinajstić information content (AvgIpc) is 1.94. The van der Waals surface area contributed by atoms with E-state index in [1.807, 2.05) is 18.2 Å². The number of thiol groups is 1. The molecule has 0 bridgehead atoms. The zero-order valence-electron chi connectivity index (χ0n) is 5.96. The van der Waals surface area contributed by atoms with Crippen molar-refractivity contribution in [1.82, 2.24) is 0 Å². The van der Waals surface area contributed by atoms with Crippen LogP contribution >= 0.6 is 12.6 Å². The molecular formula is C8H11NS. The Hall–Kier alpha value is -0.630. The normalized spacial score (nSPS) is 9.80. The topological polar surface area (TPSA) is 26.0 Å². The Labute approximate surface area is 66.7 Å². The summed E-state index contributed by atoms with van der Waals surface area (Å²) in [5.74, 6) is 0.761. The van der Waals surface area contributed by atoms with Gasteiger partial charge in [0.25, 0.3) is 0 Å². The van der Waals surface area contributed by atoms with E-state index in [0.717, 1.165) is 11.4 Å². The van der Waals surface area contributed by atoms with Gasteiger partial charge in [0.05, 0.1) is 0 Å². The fraction of sp³-hybridized carbons (Fsp3) is 0.250. The first kappa shape index (κ1) is 7.48. The number of rotatable bonds is 1. The minimum atomic E-state index is 0.761. The van der Waals surface area contributed by atoms with Crippen LogP contribution in [0.25, 0.3) is 0 Å². The van der Waals surface area contributed by atoms with E-state index in [-0.39, 0.29) is 0 Å². The summed E-state index contributed by atoms with van der Waals surface area (Å²) >= 11 is 4.17. The van der Waals surface area contributed by atoms with Gasteiger partial charge >= 0.3 is 0 Å². The van der Waals surface area contributed by atoms with Crippen LogP contribution in [0.1, 0.15) is 11.1 Å². The van der Waals surface area contributed by atoms with Crippen molar-refractivity contribution in [3.63, 3.8) is 0 Å². The van der Waals surface area contributed by atoms with Gasteiger partial charge in [0, 0.05) is 11.4 Å². The van der Waals surface area contributed by atoms with Crippen molar-refractivity contribution >= 4 is 18.3 Å². The third-order valence-corrected chi connectivity index (χ3v) is 1.88. The van der Waals surface area contributed by atoms with Gasteiger partial charge in [0.15, 0.2) is 0 Å². The molecule has 2 N–H and O–H groups in total. The van der Waals surface area contributed by atoms with Gasteiger partial charge in [0.1, 0.15) is 0 Å². The van der Waals surface area contributed by atoms with Crippen LogP contribution in [-0.4, -0.2) is 0 Å². The van der Waals surface area contributed by atoms with Gasteiger partial charge in [-0.25, -0.2) is 0 Å². The molecule has 1 rings (SSSR count). The van der Waals surface area contributed by atoms with Gasteiger partial charge in [0.2, 0.25) is 0 Å². The van der Waals surface area contributed by atoms with Crippen LogP contribution in [0.15, 0.2) is 18.2 Å². The quantitative estimate of drug-likeness (QED) is 0.468. The summed E-state index contributed by atoms with van der Waals surface area (Å²) in [5, 5.41) is 0. The molecule has 0 heterocycles. The fourth-order valence-corrected chi connectivity index (χ4v) is 1.20. The first-order valence-corrected chi connectivity index (χ1v) is 3.83. The van der Waals surface area contributed by atoms with Gasteiger partial charge in [-0.15, -0.1) is 0 Å². The standard InChI is InChI=1S/C8H11NS/c1-6-2-3-8(9)4-7(6)5-10/h2-4,10H,5,9H2,1H3. The molecule has 0 aliphatic heterocycles. The van der Waals surface area contributed by atoms with Crippen molar-refractivity contribution in [2.24, 2.45) is 0 Å². The smallest absolute Gasteiger partial charge is 0.0317 e. The van der Waals surface area contributed by atoms with Gasteiger partial charge in [-0.2, -0.15) is 12.6 Å². The van der Waals surface area contributed by atoms with Gasteiger partial charge in [-0.3, -0.25) is 0 Å². The Morgan fingerprint density at radius 2 is 2.20 bits per heavy atom. The van der Waals surface area contributed by atoms with Crippen molar-refractivity contribution < 1.29 is 0 Å². The monoisotopic (exact) mass is 153 g/mol. The zero-order chi connectivity index (χ0) is 7.56. The molecule has 0 amide bonds. The first-order chi connectivity index (χ1) is 4.74. The van der Waals surface area contributed by atoms with Crippen molar-refractivity contribution in [2.75, 3.05) is 5.73 Å². The molecule has 0 saturated heterocycles. The molecule has 0 aliphatic rings. The summed E-state index contributed by atoms with van der Waals surface area (Å²) in [6.07, 6.45) is 0. The van der Waals surface area contributed by atoms with E-state index in [0.29, 0.717) is 0 Å². The second-order valence-electron chi connectivity index (χ2n) is 2.34. The molecule has 1 aromatic rings. The minimum Gasteiger partial charge on any atom is -0.399 e. The second kappa shape index (κ2) is 2.97. The van der Waals surface area contributed by atoms with E-state index in [9.17, 15) is 0 Å². The van der Waals surface area contributed by atoms with Crippen LogP contribution in [-0.2, 0) is 5.75 Å². The molecule has 0 spiro atoms. The average molecular weight is 153 g/mol. The first-order valence-electron chi connectivity index (χ1n) is 3.20. The lowest BCUT2D eigenvalue weighted by Gasteiger charge is -2.01. The summed E-state index contributed by atoms with van der Waals surface area (Å²) in [6, 6.07) is 5.88. The third kappa shape index (κ3) is 1.45. The molecule has 0 aliphatic carbocycles. The Morgan fingerprint density at radius 1 is 1.50 bits per heavy atom. The molecular weight excluding hydrogens is 142 g/mol. The molecule has 54 valence electrons. The van der Waals surface area contributed by atoms with E-state index < -0.39 is 0 Å². The lowest BCUT2D eigenvalue weighted by Crippen LogP contribution is -1.89. The summed E-state index contributed by atoms with van der Waals surface area (Å²) in [5.41, 5.74) is 8.85. The number of nitrogen functional groups attached to an aromatic ring is 1. The molecule has 0 aromatic heterocycles. The van der Waals surface area contributed by atoms with Crippen LogP contribution in [0.5, 0.6) is 0 Å². The number of hydrogen-bond acceptors (Lipinski definition) is 2. The number of nitrogens with two attached hydrogens (primary N) is 1. The van der Waals surface area contributed by atoms with Crippen molar-refractivity contribution in [3.05, 3.63) is 29.3 Å². The highest BCUT2D eigenvalue weighted by atomic mass is 32.1. The summed E-state index contributed by atoms with van der Waals surface area (Å²) in [6.45, 7) is 2.06. The highest BCUT2D eigenvalue weighted by Gasteiger charge is 1.94. The zero-order valence-corrected chi connectivity index (χ0v) is 6.86. The number of aryl methyl sites for hydroxylation is 1. The summed E-state index contributed by atoms with van der Waals surface area (Å²) in [4.78, 5) is 0. The van der Waals surface area contributed by atoms with E-state index >= 15 is 0 Å². The van der Waals surface area contributed by atoms with Crippen molar-refractivity contribution in [3.8, 4) is 0 Å². The number of hydrogen-bond donors (Lipinski definition) is 2. The maximum absolute atomic E-state index is 5.57. The van der Waals surface area contributed by atoms with Crippen LogP contribution in [0.3, 0.4) is 0 Å². The van der Waals surface area contributed by atoms with E-state index in [1.54, 1.807) is 0 Å². The maximum Gasteiger partial charge on any atom is 0.0317 e. The minimum absolute atomic E-state index is 0.761. The molecule has 0 radical (unpaired) electrons. The SMILES string of the molecule is Cc1ccc(N)cc1CS. The molecule has 0 atom stereocenters. The van der Waals surface area contributed by atoms with E-state index in [2.05, 4.69) is 19.6 Å². The largest absolute Gasteiger partial charge is 0.399 e. The van der Waals surface area contributed by atoms with Crippen LogP contribution in [0.2, 0.25) is 0 Å². The molecule has 0 fully saturated rings. The Balaban J connectivity index is 3.09. The maximum atomic E-state index is 5.57. The van der Waals surface area contributed by atoms with Gasteiger partial charge in [-0.1, -0.05) is 6.07 Å². The fourth-order valence-electron chi connectivity index (χ4n) is 0.862. The predicted octanol–water partition coefficient (Wildman–Crippen LogP) is 2.01. The highest BCUT2D eigenvalue weighted by molar-refractivity contribution is 7.79. The van der Waals surface area contributed by atoms with Crippen LogP contribution < -0.4 is 5.73 Å². The van der Waals surface area contributed by atoms with Crippen LogP contribution in [0.4, 0.5) is 5.69 Å². The molecule has 1 aromatic carbocycles. The number of benzene rings is 1. The van der Waals surface area contributed by atoms with Gasteiger partial charge < -0.3 is 5.73 Å². The molecule has 0 unspecified atom stereocenters. The second-order valence-corrected chi connectivity index (χ2v) is 2.66. The Kier molecular flexibility index (Phi) is 2.22. The summed E-state index contributed by atoms with van der Waals surface area (Å²) in [7, 11) is 0. The molecule has 0 saturated carbocycles. The Bertz CT molecular complexity index is 233.